The lowest BCUT2D eigenvalue weighted by Gasteiger charge is -2.06. The van der Waals surface area contributed by atoms with Crippen LogP contribution in [0.1, 0.15) is 25.3 Å². The van der Waals surface area contributed by atoms with Crippen LogP contribution in [0.15, 0.2) is 12.1 Å². The average molecular weight is 255 g/mol. The van der Waals surface area contributed by atoms with Gasteiger partial charge in [0, 0.05) is 12.7 Å². The SMILES string of the molecule is CCCCOCCOc1cc(C#N)cc(Cl)n1. The molecule has 0 aliphatic carbocycles. The molecule has 0 fully saturated rings. The maximum Gasteiger partial charge on any atom is 0.216 e. The molecule has 0 amide bonds. The fourth-order valence-electron chi connectivity index (χ4n) is 1.16. The number of halogens is 1. The maximum absolute atomic E-state index is 8.74. The molecule has 0 unspecified atom stereocenters. The molecular weight excluding hydrogens is 240 g/mol. The molecule has 0 saturated heterocycles. The molecule has 0 aliphatic rings. The van der Waals surface area contributed by atoms with Crippen molar-refractivity contribution in [2.75, 3.05) is 19.8 Å². The standard InChI is InChI=1S/C12H15ClN2O2/c1-2-3-4-16-5-6-17-12-8-10(9-14)7-11(13)15-12/h7-8H,2-6H2,1H3. The lowest BCUT2D eigenvalue weighted by Crippen LogP contribution is -2.08. The monoisotopic (exact) mass is 254 g/mol. The fourth-order valence-corrected chi connectivity index (χ4v) is 1.37. The first-order valence-electron chi connectivity index (χ1n) is 5.54. The van der Waals surface area contributed by atoms with Crippen molar-refractivity contribution >= 4 is 11.6 Å². The Morgan fingerprint density at radius 1 is 1.35 bits per heavy atom. The zero-order valence-corrected chi connectivity index (χ0v) is 10.5. The van der Waals surface area contributed by atoms with E-state index in [9.17, 15) is 0 Å². The molecule has 92 valence electrons. The Labute approximate surface area is 106 Å². The van der Waals surface area contributed by atoms with Gasteiger partial charge in [0.1, 0.15) is 11.8 Å². The predicted molar refractivity (Wildman–Crippen MR) is 65.2 cm³/mol. The third-order valence-corrected chi connectivity index (χ3v) is 2.21. The van der Waals surface area contributed by atoms with E-state index in [1.54, 1.807) is 6.07 Å². The summed E-state index contributed by atoms with van der Waals surface area (Å²) in [5.41, 5.74) is 0.437. The van der Waals surface area contributed by atoms with E-state index in [4.69, 9.17) is 26.3 Å². The number of nitriles is 1. The molecule has 4 nitrogen and oxygen atoms in total. The topological polar surface area (TPSA) is 55.1 Å². The van der Waals surface area contributed by atoms with Crippen LogP contribution in [0.4, 0.5) is 0 Å². The number of hydrogen-bond donors (Lipinski definition) is 0. The Balaban J connectivity index is 2.32. The van der Waals surface area contributed by atoms with E-state index in [2.05, 4.69) is 11.9 Å². The van der Waals surface area contributed by atoms with Crippen molar-refractivity contribution in [3.63, 3.8) is 0 Å². The summed E-state index contributed by atoms with van der Waals surface area (Å²) >= 11 is 5.74. The molecule has 1 aromatic rings. The highest BCUT2D eigenvalue weighted by Gasteiger charge is 2.01. The van der Waals surface area contributed by atoms with Crippen LogP contribution >= 0.6 is 11.6 Å². The van der Waals surface area contributed by atoms with Gasteiger partial charge in [0.05, 0.1) is 18.2 Å². The Hall–Kier alpha value is -1.31. The van der Waals surface area contributed by atoms with Crippen molar-refractivity contribution in [2.45, 2.75) is 19.8 Å². The van der Waals surface area contributed by atoms with Crippen molar-refractivity contribution in [1.82, 2.24) is 4.98 Å². The largest absolute Gasteiger partial charge is 0.475 e. The van der Waals surface area contributed by atoms with Crippen LogP contribution in [-0.2, 0) is 4.74 Å². The number of rotatable bonds is 7. The molecule has 0 bridgehead atoms. The number of unbranched alkanes of at least 4 members (excludes halogenated alkanes) is 1. The van der Waals surface area contributed by atoms with Crippen LogP contribution in [0.3, 0.4) is 0 Å². The smallest absolute Gasteiger partial charge is 0.216 e. The van der Waals surface area contributed by atoms with E-state index in [0.717, 1.165) is 19.4 Å². The van der Waals surface area contributed by atoms with Crippen LogP contribution in [0, 0.1) is 11.3 Å². The summed E-state index contributed by atoms with van der Waals surface area (Å²) in [4.78, 5) is 3.95. The van der Waals surface area contributed by atoms with Gasteiger partial charge in [-0.1, -0.05) is 24.9 Å². The third kappa shape index (κ3) is 5.53. The summed E-state index contributed by atoms with van der Waals surface area (Å²) in [6, 6.07) is 5.04. The van der Waals surface area contributed by atoms with Crippen LogP contribution in [0.25, 0.3) is 0 Å². The molecule has 0 N–H and O–H groups in total. The molecule has 1 rings (SSSR count). The van der Waals surface area contributed by atoms with Crippen molar-refractivity contribution in [1.29, 1.82) is 5.26 Å². The second-order valence-corrected chi connectivity index (χ2v) is 3.83. The van der Waals surface area contributed by atoms with Crippen molar-refractivity contribution in [2.24, 2.45) is 0 Å². The quantitative estimate of drug-likeness (QED) is 0.555. The highest BCUT2D eigenvalue weighted by atomic mass is 35.5. The van der Waals surface area contributed by atoms with E-state index >= 15 is 0 Å². The summed E-state index contributed by atoms with van der Waals surface area (Å²) in [6.45, 7) is 3.77. The van der Waals surface area contributed by atoms with Gasteiger partial charge in [-0.2, -0.15) is 5.26 Å². The normalized spacial score (nSPS) is 9.94. The average Bonchev–Trinajstić information content (AvgIpc) is 2.33. The molecule has 0 saturated carbocycles. The summed E-state index contributed by atoms with van der Waals surface area (Å²) in [5.74, 6) is 0.355. The first kappa shape index (κ1) is 13.8. The number of aromatic nitrogens is 1. The second-order valence-electron chi connectivity index (χ2n) is 3.44. The summed E-state index contributed by atoms with van der Waals surface area (Å²) in [7, 11) is 0. The van der Waals surface area contributed by atoms with E-state index < -0.39 is 0 Å². The Kier molecular flexibility index (Phi) is 6.38. The molecule has 0 aromatic carbocycles. The minimum Gasteiger partial charge on any atom is -0.475 e. The lowest BCUT2D eigenvalue weighted by molar-refractivity contribution is 0.0965. The van der Waals surface area contributed by atoms with E-state index in [1.807, 2.05) is 6.07 Å². The van der Waals surface area contributed by atoms with Crippen LogP contribution < -0.4 is 4.74 Å². The summed E-state index contributed by atoms with van der Waals surface area (Å²) < 4.78 is 10.7. The van der Waals surface area contributed by atoms with Crippen molar-refractivity contribution in [3.8, 4) is 11.9 Å². The van der Waals surface area contributed by atoms with Gasteiger partial charge in [-0.25, -0.2) is 4.98 Å². The van der Waals surface area contributed by atoms with Crippen LogP contribution in [-0.4, -0.2) is 24.8 Å². The fraction of sp³-hybridized carbons (Fsp3) is 0.500. The van der Waals surface area contributed by atoms with Crippen LogP contribution in [0.2, 0.25) is 5.15 Å². The van der Waals surface area contributed by atoms with E-state index in [1.165, 1.54) is 6.07 Å². The van der Waals surface area contributed by atoms with Gasteiger partial charge in [0.25, 0.3) is 0 Å². The Morgan fingerprint density at radius 3 is 2.88 bits per heavy atom. The first-order valence-corrected chi connectivity index (χ1v) is 5.92. The zero-order valence-electron chi connectivity index (χ0n) is 9.78. The van der Waals surface area contributed by atoms with Crippen LogP contribution in [0.5, 0.6) is 5.88 Å². The number of nitrogens with zero attached hydrogens (tertiary/aromatic N) is 2. The number of pyridine rings is 1. The minimum absolute atomic E-state index is 0.256. The zero-order chi connectivity index (χ0) is 12.5. The van der Waals surface area contributed by atoms with Gasteiger partial charge in [-0.05, 0) is 12.5 Å². The maximum atomic E-state index is 8.74. The summed E-state index contributed by atoms with van der Waals surface area (Å²) in [6.07, 6.45) is 2.16. The Morgan fingerprint density at radius 2 is 2.18 bits per heavy atom. The molecule has 5 heteroatoms. The van der Waals surface area contributed by atoms with Crippen molar-refractivity contribution < 1.29 is 9.47 Å². The van der Waals surface area contributed by atoms with Gasteiger partial charge in [0.2, 0.25) is 5.88 Å². The number of hydrogen-bond acceptors (Lipinski definition) is 4. The Bertz CT molecular complexity index is 391. The molecule has 1 heterocycles. The van der Waals surface area contributed by atoms with Gasteiger partial charge in [-0.3, -0.25) is 0 Å². The third-order valence-electron chi connectivity index (χ3n) is 2.02. The lowest BCUT2D eigenvalue weighted by atomic mass is 10.3. The van der Waals surface area contributed by atoms with Crippen molar-refractivity contribution in [3.05, 3.63) is 22.8 Å². The molecule has 0 atom stereocenters. The first-order chi connectivity index (χ1) is 8.26. The molecule has 17 heavy (non-hydrogen) atoms. The predicted octanol–water partition coefficient (Wildman–Crippen LogP) is 2.80. The highest BCUT2D eigenvalue weighted by molar-refractivity contribution is 6.29. The van der Waals surface area contributed by atoms with Gasteiger partial charge in [0.15, 0.2) is 0 Å². The molecular formula is C12H15ClN2O2. The second kappa shape index (κ2) is 7.88. The number of ether oxygens (including phenoxy) is 2. The van der Waals surface area contributed by atoms with Gasteiger partial charge < -0.3 is 9.47 Å². The van der Waals surface area contributed by atoms with E-state index in [-0.39, 0.29) is 5.15 Å². The molecule has 0 spiro atoms. The molecule has 0 aliphatic heterocycles. The summed E-state index contributed by atoms with van der Waals surface area (Å²) in [5, 5.41) is 8.99. The highest BCUT2D eigenvalue weighted by Crippen LogP contribution is 2.15. The molecule has 0 radical (unpaired) electrons. The van der Waals surface area contributed by atoms with Gasteiger partial charge >= 0.3 is 0 Å². The van der Waals surface area contributed by atoms with Gasteiger partial charge in [-0.15, -0.1) is 0 Å². The van der Waals surface area contributed by atoms with E-state index in [0.29, 0.717) is 24.7 Å². The molecule has 1 aromatic heterocycles. The minimum atomic E-state index is 0.256.